The largest absolute Gasteiger partial charge is 0.291 e. The molecule has 0 spiro atoms. The Labute approximate surface area is 81.3 Å². The van der Waals surface area contributed by atoms with Crippen LogP contribution in [0, 0.1) is 0 Å². The van der Waals surface area contributed by atoms with E-state index in [1.807, 2.05) is 12.4 Å². The molecule has 3 heteroatoms. The van der Waals surface area contributed by atoms with Gasteiger partial charge >= 0.3 is 0 Å². The zero-order valence-electron chi connectivity index (χ0n) is 6.31. The van der Waals surface area contributed by atoms with E-state index in [-0.39, 0.29) is 0 Å². The van der Waals surface area contributed by atoms with Gasteiger partial charge in [-0.15, -0.1) is 0 Å². The van der Waals surface area contributed by atoms with Gasteiger partial charge in [-0.05, 0) is 24.1 Å². The third-order valence-corrected chi connectivity index (χ3v) is 2.10. The second-order valence-electron chi connectivity index (χ2n) is 2.38. The van der Waals surface area contributed by atoms with Crippen LogP contribution in [0.3, 0.4) is 0 Å². The number of hydrogen-bond acceptors (Lipinski definition) is 1. The smallest absolute Gasteiger partial charge is 0.198 e. The van der Waals surface area contributed by atoms with Crippen LogP contribution in [0.4, 0.5) is 0 Å². The number of halogens is 2. The zero-order valence-corrected chi connectivity index (χ0v) is 7.82. The van der Waals surface area contributed by atoms with E-state index in [1.165, 1.54) is 0 Å². The van der Waals surface area contributed by atoms with Crippen LogP contribution in [0.1, 0.15) is 12.0 Å². The maximum absolute atomic E-state index is 9.96. The molecule has 0 fully saturated rings. The van der Waals surface area contributed by atoms with Crippen molar-refractivity contribution in [1.82, 2.24) is 0 Å². The molecule has 63 valence electrons. The first kappa shape index (κ1) is 9.56. The number of hydrogen-bond donors (Lipinski definition) is 0. The number of rotatable bonds is 3. The third kappa shape index (κ3) is 2.50. The lowest BCUT2D eigenvalue weighted by Gasteiger charge is -2.00. The minimum absolute atomic E-state index is 0.376. The predicted molar refractivity (Wildman–Crippen MR) is 50.5 cm³/mol. The van der Waals surface area contributed by atoms with Gasteiger partial charge in [0.25, 0.3) is 0 Å². The van der Waals surface area contributed by atoms with E-state index in [4.69, 9.17) is 23.2 Å². The molecule has 0 N–H and O–H groups in total. The summed E-state index contributed by atoms with van der Waals surface area (Å²) < 4.78 is 0. The fraction of sp³-hybridized carbons (Fsp3) is 0.222. The van der Waals surface area contributed by atoms with Gasteiger partial charge in [0.05, 0.1) is 0 Å². The fourth-order valence-electron chi connectivity index (χ4n) is 0.910. The summed E-state index contributed by atoms with van der Waals surface area (Å²) >= 11 is 11.5. The summed E-state index contributed by atoms with van der Waals surface area (Å²) in [7, 11) is 0. The number of benzene rings is 1. The molecule has 0 heterocycles. The monoisotopic (exact) mass is 201 g/mol. The highest BCUT2D eigenvalue weighted by Crippen LogP contribution is 2.21. The maximum atomic E-state index is 9.96. The molecule has 1 aromatic rings. The minimum atomic E-state index is 0.376. The van der Waals surface area contributed by atoms with Crippen molar-refractivity contribution in [2.45, 2.75) is 12.8 Å². The van der Waals surface area contributed by atoms with E-state index in [2.05, 4.69) is 0 Å². The zero-order chi connectivity index (χ0) is 8.97. The topological polar surface area (TPSA) is 17.1 Å². The molecule has 0 aliphatic heterocycles. The molecule has 0 amide bonds. The summed E-state index contributed by atoms with van der Waals surface area (Å²) in [6.45, 7) is 0. The van der Waals surface area contributed by atoms with Crippen LogP contribution in [-0.4, -0.2) is 6.29 Å². The average molecular weight is 202 g/mol. The van der Waals surface area contributed by atoms with Crippen molar-refractivity contribution in [2.24, 2.45) is 0 Å². The molecular formula is C9H7Cl2O. The van der Waals surface area contributed by atoms with Crippen molar-refractivity contribution in [1.29, 1.82) is 0 Å². The molecule has 0 bridgehead atoms. The third-order valence-electron chi connectivity index (χ3n) is 1.51. The van der Waals surface area contributed by atoms with Gasteiger partial charge in [0.2, 0.25) is 0 Å². The van der Waals surface area contributed by atoms with E-state index < -0.39 is 0 Å². The van der Waals surface area contributed by atoms with Gasteiger partial charge in [-0.25, -0.2) is 0 Å². The minimum Gasteiger partial charge on any atom is -0.291 e. The van der Waals surface area contributed by atoms with Crippen molar-refractivity contribution in [3.63, 3.8) is 0 Å². The van der Waals surface area contributed by atoms with Crippen molar-refractivity contribution in [2.75, 3.05) is 0 Å². The Bertz CT molecular complexity index is 284. The average Bonchev–Trinajstić information content (AvgIpc) is 2.03. The first-order valence-electron chi connectivity index (χ1n) is 3.53. The lowest BCUT2D eigenvalue weighted by molar-refractivity contribution is 0.551. The number of aryl methyl sites for hydroxylation is 1. The summed E-state index contributed by atoms with van der Waals surface area (Å²) in [5, 5.41) is 1.22. The Balaban J connectivity index is 2.78. The van der Waals surface area contributed by atoms with Crippen LogP contribution in [0.2, 0.25) is 10.0 Å². The van der Waals surface area contributed by atoms with Gasteiger partial charge in [0, 0.05) is 16.5 Å². The SMILES string of the molecule is O=[C]CCc1ccc(Cl)cc1Cl. The van der Waals surface area contributed by atoms with Crippen LogP contribution in [0.25, 0.3) is 0 Å². The van der Waals surface area contributed by atoms with Gasteiger partial charge < -0.3 is 0 Å². The van der Waals surface area contributed by atoms with E-state index >= 15 is 0 Å². The normalized spacial score (nSPS) is 9.83. The highest BCUT2D eigenvalue weighted by atomic mass is 35.5. The fourth-order valence-corrected chi connectivity index (χ4v) is 1.41. The summed E-state index contributed by atoms with van der Waals surface area (Å²) in [5.74, 6) is 0. The van der Waals surface area contributed by atoms with Crippen molar-refractivity contribution >= 4 is 29.5 Å². The Morgan fingerprint density at radius 2 is 2.08 bits per heavy atom. The Morgan fingerprint density at radius 3 is 2.67 bits per heavy atom. The van der Waals surface area contributed by atoms with Crippen LogP contribution in [0.5, 0.6) is 0 Å². The van der Waals surface area contributed by atoms with Crippen molar-refractivity contribution in [3.8, 4) is 0 Å². The van der Waals surface area contributed by atoms with Gasteiger partial charge in [-0.3, -0.25) is 4.79 Å². The second-order valence-corrected chi connectivity index (χ2v) is 3.22. The Morgan fingerprint density at radius 1 is 1.33 bits per heavy atom. The molecule has 0 aromatic heterocycles. The van der Waals surface area contributed by atoms with Crippen LogP contribution >= 0.6 is 23.2 Å². The summed E-state index contributed by atoms with van der Waals surface area (Å²) in [4.78, 5) is 9.96. The molecule has 1 aromatic carbocycles. The molecule has 1 radical (unpaired) electrons. The molecule has 0 unspecified atom stereocenters. The van der Waals surface area contributed by atoms with Crippen LogP contribution in [-0.2, 0) is 11.2 Å². The first-order valence-corrected chi connectivity index (χ1v) is 4.28. The molecular weight excluding hydrogens is 195 g/mol. The van der Waals surface area contributed by atoms with E-state index in [9.17, 15) is 4.79 Å². The molecule has 0 atom stereocenters. The summed E-state index contributed by atoms with van der Waals surface area (Å²) in [6.07, 6.45) is 2.82. The van der Waals surface area contributed by atoms with E-state index in [1.54, 1.807) is 12.1 Å². The van der Waals surface area contributed by atoms with Crippen molar-refractivity contribution in [3.05, 3.63) is 33.8 Å². The Kier molecular flexibility index (Phi) is 3.57. The molecule has 0 saturated heterocycles. The molecule has 0 aliphatic carbocycles. The van der Waals surface area contributed by atoms with Gasteiger partial charge in [0.15, 0.2) is 6.29 Å². The van der Waals surface area contributed by atoms with Crippen molar-refractivity contribution < 1.29 is 4.79 Å². The summed E-state index contributed by atoms with van der Waals surface area (Å²) in [6, 6.07) is 5.25. The standard InChI is InChI=1S/C9H7Cl2O/c10-8-4-3-7(2-1-5-12)9(11)6-8/h3-4,6H,1-2H2. The molecule has 1 rings (SSSR count). The predicted octanol–water partition coefficient (Wildman–Crippen LogP) is 3.04. The molecule has 0 saturated carbocycles. The lowest BCUT2D eigenvalue weighted by atomic mass is 10.1. The molecule has 1 nitrogen and oxygen atoms in total. The lowest BCUT2D eigenvalue weighted by Crippen LogP contribution is -1.86. The van der Waals surface area contributed by atoms with Gasteiger partial charge in [0.1, 0.15) is 0 Å². The van der Waals surface area contributed by atoms with Gasteiger partial charge in [-0.1, -0.05) is 29.3 Å². The van der Waals surface area contributed by atoms with E-state index in [0.717, 1.165) is 5.56 Å². The quantitative estimate of drug-likeness (QED) is 0.736. The maximum Gasteiger partial charge on any atom is 0.198 e. The van der Waals surface area contributed by atoms with Gasteiger partial charge in [-0.2, -0.15) is 0 Å². The molecule has 0 aliphatic rings. The number of carbonyl (C=O) groups excluding carboxylic acids is 1. The van der Waals surface area contributed by atoms with Crippen LogP contribution in [0.15, 0.2) is 18.2 Å². The Hall–Kier alpha value is -0.530. The second kappa shape index (κ2) is 4.48. The van der Waals surface area contributed by atoms with E-state index in [0.29, 0.717) is 22.9 Å². The molecule has 12 heavy (non-hydrogen) atoms. The van der Waals surface area contributed by atoms with Crippen LogP contribution < -0.4 is 0 Å². The first-order chi connectivity index (χ1) is 5.74. The summed E-state index contributed by atoms with van der Waals surface area (Å²) in [5.41, 5.74) is 0.935. The highest BCUT2D eigenvalue weighted by molar-refractivity contribution is 6.35. The highest BCUT2D eigenvalue weighted by Gasteiger charge is 2.00.